The number of halogens is 1. The summed E-state index contributed by atoms with van der Waals surface area (Å²) in [5.74, 6) is 2.06. The number of hydrogen-bond donors (Lipinski definition) is 2. The van der Waals surface area contributed by atoms with Crippen molar-refractivity contribution in [2.24, 2.45) is 4.99 Å². The fourth-order valence-electron chi connectivity index (χ4n) is 5.20. The molecule has 1 aliphatic heterocycles. The molecule has 2 atom stereocenters. The summed E-state index contributed by atoms with van der Waals surface area (Å²) in [4.78, 5) is 19.7. The van der Waals surface area contributed by atoms with Crippen molar-refractivity contribution in [3.05, 3.63) is 124 Å². The van der Waals surface area contributed by atoms with E-state index in [1.807, 2.05) is 97.1 Å². The quantitative estimate of drug-likeness (QED) is 0.170. The van der Waals surface area contributed by atoms with Crippen molar-refractivity contribution in [1.82, 2.24) is 5.32 Å². The maximum absolute atomic E-state index is 14.5. The largest absolute Gasteiger partial charge is 0.497 e. The van der Waals surface area contributed by atoms with Crippen LogP contribution in [0.5, 0.6) is 17.2 Å². The highest BCUT2D eigenvalue weighted by Gasteiger charge is 2.53. The number of aliphatic hydroxyl groups excluding tert-OH is 1. The summed E-state index contributed by atoms with van der Waals surface area (Å²) >= 11 is 3.68. The third-order valence-electron chi connectivity index (χ3n) is 7.48. The molecule has 1 amide bonds. The van der Waals surface area contributed by atoms with E-state index >= 15 is 0 Å². The van der Waals surface area contributed by atoms with Gasteiger partial charge in [-0.15, -0.1) is 0 Å². The monoisotopic (exact) mass is 658 g/mol. The van der Waals surface area contributed by atoms with Gasteiger partial charge in [-0.3, -0.25) is 4.79 Å². The number of nitrogens with zero attached hydrogens (tertiary/aromatic N) is 1. The van der Waals surface area contributed by atoms with Crippen molar-refractivity contribution >= 4 is 27.7 Å². The average molecular weight is 660 g/mol. The lowest BCUT2D eigenvalue weighted by Crippen LogP contribution is -2.49. The Morgan fingerprint density at radius 2 is 1.68 bits per heavy atom. The van der Waals surface area contributed by atoms with E-state index in [2.05, 4.69) is 21.2 Å². The number of amides is 1. The number of aliphatic hydroxyl groups is 1. The van der Waals surface area contributed by atoms with Crippen LogP contribution in [-0.2, 0) is 22.5 Å². The first-order valence-corrected chi connectivity index (χ1v) is 15.1. The molecule has 0 fully saturated rings. The van der Waals surface area contributed by atoms with Crippen LogP contribution in [0.25, 0.3) is 0 Å². The summed E-state index contributed by atoms with van der Waals surface area (Å²) in [6.45, 7) is 0.718. The van der Waals surface area contributed by atoms with Crippen LogP contribution in [0.15, 0.2) is 107 Å². The van der Waals surface area contributed by atoms with Gasteiger partial charge in [0.2, 0.25) is 5.90 Å². The van der Waals surface area contributed by atoms with Gasteiger partial charge in [-0.2, -0.15) is 0 Å². The topological polar surface area (TPSA) is 98.6 Å². The Balaban J connectivity index is 1.58. The normalized spacial score (nSPS) is 17.4. The highest BCUT2D eigenvalue weighted by molar-refractivity contribution is 9.10. The van der Waals surface area contributed by atoms with Gasteiger partial charge >= 0.3 is 0 Å². The Morgan fingerprint density at radius 1 is 0.932 bits per heavy atom. The second kappa shape index (κ2) is 14.4. The van der Waals surface area contributed by atoms with Crippen molar-refractivity contribution in [3.63, 3.8) is 0 Å². The molecule has 2 N–H and O–H groups in total. The summed E-state index contributed by atoms with van der Waals surface area (Å²) in [6.07, 6.45) is 0.0409. The maximum atomic E-state index is 14.5. The number of nitrogens with one attached hydrogen (secondary N) is 1. The smallest absolute Gasteiger partial charge is 0.252 e. The fourth-order valence-corrected chi connectivity index (χ4v) is 5.62. The number of methoxy groups -OCH3 is 2. The van der Waals surface area contributed by atoms with E-state index in [0.717, 1.165) is 21.2 Å². The molecule has 0 unspecified atom stereocenters. The first-order valence-electron chi connectivity index (χ1n) is 14.4. The van der Waals surface area contributed by atoms with E-state index in [4.69, 9.17) is 29.0 Å². The third kappa shape index (κ3) is 6.90. The Bertz CT molecular complexity index is 1610. The third-order valence-corrected chi connectivity index (χ3v) is 8.25. The summed E-state index contributed by atoms with van der Waals surface area (Å²) < 4.78 is 24.3. The minimum absolute atomic E-state index is 0.0626. The van der Waals surface area contributed by atoms with E-state index in [1.165, 1.54) is 0 Å². The summed E-state index contributed by atoms with van der Waals surface area (Å²) in [5.41, 5.74) is 1.85. The van der Waals surface area contributed by atoms with E-state index in [9.17, 15) is 4.79 Å². The SMILES string of the molecule is COc1cccc([C@H]2OC(c3ccc(OCCCO)cc3)=N[C@@]2(Cc2ccccc2Br)C(=O)NCc2ccccc2OC)c1. The van der Waals surface area contributed by atoms with Crippen LogP contribution in [0.3, 0.4) is 0 Å². The molecule has 8 nitrogen and oxygen atoms in total. The summed E-state index contributed by atoms with van der Waals surface area (Å²) in [7, 11) is 3.22. The van der Waals surface area contributed by atoms with E-state index in [-0.39, 0.29) is 25.5 Å². The van der Waals surface area contributed by atoms with Crippen LogP contribution < -0.4 is 19.5 Å². The van der Waals surface area contributed by atoms with Gasteiger partial charge in [0.1, 0.15) is 17.2 Å². The minimum Gasteiger partial charge on any atom is -0.497 e. The van der Waals surface area contributed by atoms with Gasteiger partial charge in [0.05, 0.1) is 20.8 Å². The van der Waals surface area contributed by atoms with Gasteiger partial charge in [0.25, 0.3) is 5.91 Å². The zero-order valence-electron chi connectivity index (χ0n) is 24.7. The number of carbonyl (C=O) groups excluding carboxylic acids is 1. The predicted molar refractivity (Wildman–Crippen MR) is 172 cm³/mol. The Labute approximate surface area is 265 Å². The standard InChI is InChI=1S/C35H35BrN2O6/c1-41-29-12-7-11-25(21-29)32-35(22-26-9-3-5-13-30(26)36,34(40)37-23-27-10-4-6-14-31(27)42-2)38-33(44-32)24-15-17-28(18-16-24)43-20-8-19-39/h3-7,9-18,21,32,39H,8,19-20,22-23H2,1-2H3,(H,37,40)/t32-,35-/m1/s1. The van der Waals surface area contributed by atoms with Gasteiger partial charge in [0, 0.05) is 41.6 Å². The number of ether oxygens (including phenoxy) is 4. The lowest BCUT2D eigenvalue weighted by molar-refractivity contribution is -0.129. The number of rotatable bonds is 13. The Morgan fingerprint density at radius 3 is 2.41 bits per heavy atom. The molecule has 4 aromatic carbocycles. The number of carbonyl (C=O) groups is 1. The van der Waals surface area contributed by atoms with Gasteiger partial charge in [-0.05, 0) is 59.7 Å². The molecule has 1 aliphatic rings. The second-order valence-corrected chi connectivity index (χ2v) is 11.2. The molecule has 0 spiro atoms. The Hall–Kier alpha value is -4.34. The van der Waals surface area contributed by atoms with E-state index < -0.39 is 11.6 Å². The molecule has 0 aliphatic carbocycles. The summed E-state index contributed by atoms with van der Waals surface area (Å²) in [5, 5.41) is 12.2. The molecule has 0 bridgehead atoms. The molecule has 0 aromatic heterocycles. The maximum Gasteiger partial charge on any atom is 0.252 e. The molecule has 5 rings (SSSR count). The minimum atomic E-state index is -1.37. The van der Waals surface area contributed by atoms with Crippen LogP contribution in [0, 0.1) is 0 Å². The van der Waals surface area contributed by atoms with E-state index in [0.29, 0.717) is 41.7 Å². The van der Waals surface area contributed by atoms with Crippen molar-refractivity contribution < 1.29 is 28.8 Å². The first kappa shape index (κ1) is 31.1. The number of hydrogen-bond acceptors (Lipinski definition) is 7. The molecule has 1 heterocycles. The molecular formula is C35H35BrN2O6. The molecule has 0 saturated carbocycles. The lowest BCUT2D eigenvalue weighted by atomic mass is 9.82. The van der Waals surface area contributed by atoms with Gasteiger partial charge in [-0.1, -0.05) is 64.5 Å². The second-order valence-electron chi connectivity index (χ2n) is 10.3. The molecular weight excluding hydrogens is 624 g/mol. The van der Waals surface area contributed by atoms with E-state index in [1.54, 1.807) is 14.2 Å². The van der Waals surface area contributed by atoms with Gasteiger partial charge in [-0.25, -0.2) is 4.99 Å². The number of benzene rings is 4. The zero-order valence-corrected chi connectivity index (χ0v) is 26.3. The number of para-hydroxylation sites is 1. The summed E-state index contributed by atoms with van der Waals surface area (Å²) in [6, 6.07) is 30.3. The molecule has 44 heavy (non-hydrogen) atoms. The van der Waals surface area contributed by atoms with Crippen LogP contribution >= 0.6 is 15.9 Å². The van der Waals surface area contributed by atoms with Crippen LogP contribution in [0.4, 0.5) is 0 Å². The first-order chi connectivity index (χ1) is 21.5. The lowest BCUT2D eigenvalue weighted by Gasteiger charge is -2.31. The fraction of sp³-hybridized carbons (Fsp3) is 0.257. The van der Waals surface area contributed by atoms with Crippen molar-refractivity contribution in [1.29, 1.82) is 0 Å². The highest BCUT2D eigenvalue weighted by atomic mass is 79.9. The highest BCUT2D eigenvalue weighted by Crippen LogP contribution is 2.44. The zero-order chi connectivity index (χ0) is 30.9. The predicted octanol–water partition coefficient (Wildman–Crippen LogP) is 6.04. The molecule has 228 valence electrons. The van der Waals surface area contributed by atoms with Crippen LogP contribution in [-0.4, -0.2) is 49.9 Å². The van der Waals surface area contributed by atoms with Crippen molar-refractivity contribution in [2.45, 2.75) is 31.0 Å². The number of aliphatic imine (C=N–C) groups is 1. The van der Waals surface area contributed by atoms with Gasteiger partial charge in [0.15, 0.2) is 11.6 Å². The Kier molecular flexibility index (Phi) is 10.2. The average Bonchev–Trinajstić information content (AvgIpc) is 3.45. The van der Waals surface area contributed by atoms with Crippen molar-refractivity contribution in [3.8, 4) is 17.2 Å². The molecule has 9 heteroatoms. The molecule has 4 aromatic rings. The molecule has 0 saturated heterocycles. The van der Waals surface area contributed by atoms with Crippen molar-refractivity contribution in [2.75, 3.05) is 27.4 Å². The van der Waals surface area contributed by atoms with Crippen LogP contribution in [0.2, 0.25) is 0 Å². The molecule has 0 radical (unpaired) electrons. The van der Waals surface area contributed by atoms with Gasteiger partial charge < -0.3 is 29.4 Å². The van der Waals surface area contributed by atoms with Crippen LogP contribution in [0.1, 0.15) is 34.8 Å².